The van der Waals surface area contributed by atoms with Gasteiger partial charge in [-0.15, -0.1) is 0 Å². The number of hydrogen-bond donors (Lipinski definition) is 1. The molecule has 0 heterocycles. The molecule has 0 amide bonds. The Morgan fingerprint density at radius 1 is 1.33 bits per heavy atom. The largest absolute Gasteiger partial charge is 0.489 e. The quantitative estimate of drug-likeness (QED) is 0.781. The van der Waals surface area contributed by atoms with E-state index in [0.29, 0.717) is 12.1 Å². The second-order valence-electron chi connectivity index (χ2n) is 6.48. The van der Waals surface area contributed by atoms with Gasteiger partial charge in [-0.05, 0) is 42.9 Å². The Balaban J connectivity index is 1.94. The van der Waals surface area contributed by atoms with Crippen molar-refractivity contribution >= 4 is 11.6 Å². The van der Waals surface area contributed by atoms with Gasteiger partial charge in [0.05, 0.1) is 11.1 Å². The molecular weight excluding hydrogens is 282 g/mol. The second-order valence-corrected chi connectivity index (χ2v) is 6.89. The summed E-state index contributed by atoms with van der Waals surface area (Å²) >= 11 is 6.38. The zero-order chi connectivity index (χ0) is 15.2. The van der Waals surface area contributed by atoms with Gasteiger partial charge in [-0.3, -0.25) is 0 Å². The van der Waals surface area contributed by atoms with Gasteiger partial charge in [0.15, 0.2) is 0 Å². The molecule has 1 aromatic carbocycles. The van der Waals surface area contributed by atoms with Crippen LogP contribution in [0.15, 0.2) is 18.2 Å². The van der Waals surface area contributed by atoms with E-state index in [2.05, 4.69) is 32.2 Å². The lowest BCUT2D eigenvalue weighted by atomic mass is 9.85. The van der Waals surface area contributed by atoms with Gasteiger partial charge in [-0.25, -0.2) is 0 Å². The van der Waals surface area contributed by atoms with Crippen molar-refractivity contribution in [3.63, 3.8) is 0 Å². The van der Waals surface area contributed by atoms with Crippen LogP contribution in [-0.2, 0) is 6.54 Å². The molecule has 2 nitrogen and oxygen atoms in total. The predicted molar refractivity (Wildman–Crippen MR) is 90.1 cm³/mol. The Hall–Kier alpha value is -0.730. The molecule has 1 N–H and O–H groups in total. The Morgan fingerprint density at radius 3 is 2.81 bits per heavy atom. The number of benzene rings is 1. The van der Waals surface area contributed by atoms with Crippen LogP contribution in [0.5, 0.6) is 5.75 Å². The molecule has 1 aromatic rings. The van der Waals surface area contributed by atoms with Crippen molar-refractivity contribution in [3.8, 4) is 5.75 Å². The van der Waals surface area contributed by atoms with Crippen molar-refractivity contribution in [2.45, 2.75) is 71.6 Å². The van der Waals surface area contributed by atoms with E-state index in [-0.39, 0.29) is 0 Å². The summed E-state index contributed by atoms with van der Waals surface area (Å²) < 4.78 is 6.15. The first-order valence-corrected chi connectivity index (χ1v) is 8.64. The minimum absolute atomic E-state index is 0.334. The Kier molecular flexibility index (Phi) is 6.38. The number of ether oxygens (including phenoxy) is 1. The topological polar surface area (TPSA) is 21.3 Å². The van der Waals surface area contributed by atoms with Crippen LogP contribution in [0.25, 0.3) is 0 Å². The molecule has 0 bridgehead atoms. The minimum Gasteiger partial charge on any atom is -0.489 e. The average molecular weight is 310 g/mol. The van der Waals surface area contributed by atoms with Crippen molar-refractivity contribution in [2.24, 2.45) is 5.92 Å². The Bertz CT molecular complexity index is 447. The standard InChI is InChI=1S/C18H28ClNO/c1-4-14-6-5-7-16(10-14)21-18-9-8-15(11-17(18)19)12-20-13(2)3/h8-9,11,13-14,16,20H,4-7,10,12H2,1-3H3. The van der Waals surface area contributed by atoms with Crippen LogP contribution >= 0.6 is 11.6 Å². The van der Waals surface area contributed by atoms with Gasteiger partial charge >= 0.3 is 0 Å². The maximum absolute atomic E-state index is 6.38. The molecule has 2 rings (SSSR count). The van der Waals surface area contributed by atoms with Crippen LogP contribution in [0.3, 0.4) is 0 Å². The molecule has 0 radical (unpaired) electrons. The van der Waals surface area contributed by atoms with Gasteiger partial charge in [0.1, 0.15) is 5.75 Å². The molecule has 0 saturated heterocycles. The fraction of sp³-hybridized carbons (Fsp3) is 0.667. The van der Waals surface area contributed by atoms with E-state index in [1.54, 1.807) is 0 Å². The zero-order valence-corrected chi connectivity index (χ0v) is 14.2. The molecule has 2 unspecified atom stereocenters. The summed E-state index contributed by atoms with van der Waals surface area (Å²) in [5, 5.41) is 4.14. The van der Waals surface area contributed by atoms with Crippen molar-refractivity contribution in [2.75, 3.05) is 0 Å². The summed E-state index contributed by atoms with van der Waals surface area (Å²) in [5.41, 5.74) is 1.20. The van der Waals surface area contributed by atoms with Gasteiger partial charge in [0.25, 0.3) is 0 Å². The third-order valence-corrected chi connectivity index (χ3v) is 4.61. The van der Waals surface area contributed by atoms with Crippen LogP contribution in [0.2, 0.25) is 5.02 Å². The SMILES string of the molecule is CCC1CCCC(Oc2ccc(CNC(C)C)cc2Cl)C1. The minimum atomic E-state index is 0.334. The maximum atomic E-state index is 6.38. The van der Waals surface area contributed by atoms with E-state index in [1.807, 2.05) is 12.1 Å². The van der Waals surface area contributed by atoms with E-state index < -0.39 is 0 Å². The van der Waals surface area contributed by atoms with Crippen LogP contribution in [0, 0.1) is 5.92 Å². The van der Waals surface area contributed by atoms with Gasteiger partial charge in [-0.1, -0.05) is 51.3 Å². The third-order valence-electron chi connectivity index (χ3n) is 4.32. The summed E-state index contributed by atoms with van der Waals surface area (Å²) in [6.45, 7) is 7.41. The highest BCUT2D eigenvalue weighted by Crippen LogP contribution is 2.32. The molecule has 1 saturated carbocycles. The van der Waals surface area contributed by atoms with Gasteiger partial charge in [0.2, 0.25) is 0 Å². The Morgan fingerprint density at radius 2 is 2.14 bits per heavy atom. The lowest BCUT2D eigenvalue weighted by molar-refractivity contribution is 0.122. The molecule has 21 heavy (non-hydrogen) atoms. The normalized spacial score (nSPS) is 22.5. The number of hydrogen-bond acceptors (Lipinski definition) is 2. The van der Waals surface area contributed by atoms with E-state index in [4.69, 9.17) is 16.3 Å². The summed E-state index contributed by atoms with van der Waals surface area (Å²) in [4.78, 5) is 0. The Labute approximate surface area is 134 Å². The highest BCUT2D eigenvalue weighted by molar-refractivity contribution is 6.32. The predicted octanol–water partition coefficient (Wildman–Crippen LogP) is 5.19. The maximum Gasteiger partial charge on any atom is 0.138 e. The second kappa shape index (κ2) is 8.05. The molecule has 118 valence electrons. The van der Waals surface area contributed by atoms with Crippen molar-refractivity contribution in [1.29, 1.82) is 0 Å². The van der Waals surface area contributed by atoms with E-state index in [9.17, 15) is 0 Å². The lowest BCUT2D eigenvalue weighted by Gasteiger charge is -2.29. The zero-order valence-electron chi connectivity index (χ0n) is 13.5. The average Bonchev–Trinajstić information content (AvgIpc) is 2.48. The molecule has 2 atom stereocenters. The van der Waals surface area contributed by atoms with Crippen LogP contribution < -0.4 is 10.1 Å². The van der Waals surface area contributed by atoms with Crippen molar-refractivity contribution < 1.29 is 4.74 Å². The molecule has 3 heteroatoms. The summed E-state index contributed by atoms with van der Waals surface area (Å²) in [6.07, 6.45) is 6.54. The van der Waals surface area contributed by atoms with Crippen molar-refractivity contribution in [3.05, 3.63) is 28.8 Å². The fourth-order valence-corrected chi connectivity index (χ4v) is 3.22. The van der Waals surface area contributed by atoms with E-state index in [1.165, 1.54) is 31.2 Å². The monoisotopic (exact) mass is 309 g/mol. The molecular formula is C18H28ClNO. The van der Waals surface area contributed by atoms with Crippen LogP contribution in [0.1, 0.15) is 58.4 Å². The van der Waals surface area contributed by atoms with Crippen LogP contribution in [-0.4, -0.2) is 12.1 Å². The van der Waals surface area contributed by atoms with E-state index in [0.717, 1.165) is 29.7 Å². The van der Waals surface area contributed by atoms with Crippen molar-refractivity contribution in [1.82, 2.24) is 5.32 Å². The summed E-state index contributed by atoms with van der Waals surface area (Å²) in [5.74, 6) is 1.66. The third kappa shape index (κ3) is 5.19. The highest BCUT2D eigenvalue weighted by Gasteiger charge is 2.22. The van der Waals surface area contributed by atoms with Crippen LogP contribution in [0.4, 0.5) is 0 Å². The summed E-state index contributed by atoms with van der Waals surface area (Å²) in [7, 11) is 0. The smallest absolute Gasteiger partial charge is 0.138 e. The van der Waals surface area contributed by atoms with E-state index >= 15 is 0 Å². The molecule has 0 spiro atoms. The first kappa shape index (κ1) is 16.6. The molecule has 0 aromatic heterocycles. The van der Waals surface area contributed by atoms with Gasteiger partial charge in [0, 0.05) is 12.6 Å². The lowest BCUT2D eigenvalue weighted by Crippen LogP contribution is -2.25. The fourth-order valence-electron chi connectivity index (χ4n) is 2.97. The first-order chi connectivity index (χ1) is 10.1. The molecule has 1 aliphatic carbocycles. The highest BCUT2D eigenvalue weighted by atomic mass is 35.5. The number of rotatable bonds is 6. The molecule has 1 fully saturated rings. The number of nitrogens with one attached hydrogen (secondary N) is 1. The van der Waals surface area contributed by atoms with Gasteiger partial charge in [-0.2, -0.15) is 0 Å². The number of halogens is 1. The molecule has 1 aliphatic rings. The van der Waals surface area contributed by atoms with Gasteiger partial charge < -0.3 is 10.1 Å². The summed E-state index contributed by atoms with van der Waals surface area (Å²) in [6, 6.07) is 6.63. The molecule has 0 aliphatic heterocycles. The first-order valence-electron chi connectivity index (χ1n) is 8.27.